The van der Waals surface area contributed by atoms with Gasteiger partial charge in [-0.2, -0.15) is 0 Å². The highest BCUT2D eigenvalue weighted by molar-refractivity contribution is 5.12. The predicted molar refractivity (Wildman–Crippen MR) is 81.4 cm³/mol. The Labute approximate surface area is 122 Å². The Hall–Kier alpha value is -1.06. The summed E-state index contributed by atoms with van der Waals surface area (Å²) in [5.41, 5.74) is 1.19. The molecular weight excluding hydrogens is 250 g/mol. The normalized spacial score (nSPS) is 22.6. The molecule has 0 saturated carbocycles. The van der Waals surface area contributed by atoms with E-state index >= 15 is 0 Å². The largest absolute Gasteiger partial charge is 0.467 e. The van der Waals surface area contributed by atoms with Crippen molar-refractivity contribution in [3.8, 4) is 0 Å². The van der Waals surface area contributed by atoms with Crippen LogP contribution in [0.2, 0.25) is 0 Å². The zero-order chi connectivity index (χ0) is 14.4. The minimum absolute atomic E-state index is 0.491. The topological polar surface area (TPSA) is 34.4 Å². The van der Waals surface area contributed by atoms with Crippen LogP contribution in [0.5, 0.6) is 0 Å². The molecule has 0 saturated heterocycles. The van der Waals surface area contributed by atoms with E-state index in [1.54, 1.807) is 0 Å². The average molecular weight is 277 g/mol. The number of nitrogens with one attached hydrogen (secondary N) is 1. The molecule has 0 spiro atoms. The molecule has 0 bridgehead atoms. The monoisotopic (exact) mass is 277 g/mol. The summed E-state index contributed by atoms with van der Waals surface area (Å²) in [6, 6.07) is 2.57. The van der Waals surface area contributed by atoms with Crippen molar-refractivity contribution in [2.75, 3.05) is 6.61 Å². The van der Waals surface area contributed by atoms with Crippen LogP contribution >= 0.6 is 0 Å². The van der Waals surface area contributed by atoms with Gasteiger partial charge in [-0.15, -0.1) is 0 Å². The number of hydrogen-bond acceptors (Lipinski definition) is 3. The van der Waals surface area contributed by atoms with Crippen LogP contribution in [0.4, 0.5) is 0 Å². The second-order valence-corrected chi connectivity index (χ2v) is 6.15. The summed E-state index contributed by atoms with van der Waals surface area (Å²) in [6.07, 6.45) is 8.70. The van der Waals surface area contributed by atoms with E-state index in [0.29, 0.717) is 18.6 Å². The molecule has 3 nitrogen and oxygen atoms in total. The lowest BCUT2D eigenvalue weighted by molar-refractivity contribution is 0.0583. The van der Waals surface area contributed by atoms with Gasteiger partial charge in [-0.3, -0.25) is 0 Å². The summed E-state index contributed by atoms with van der Waals surface area (Å²) in [5, 5.41) is 3.38. The Morgan fingerprint density at radius 3 is 2.90 bits per heavy atom. The first-order valence-electron chi connectivity index (χ1n) is 7.67. The second kappa shape index (κ2) is 7.65. The highest BCUT2D eigenvalue weighted by atomic mass is 16.5. The molecular formula is C17H27NO2. The molecule has 1 N–H and O–H groups in total. The van der Waals surface area contributed by atoms with Crippen LogP contribution in [0.1, 0.15) is 44.9 Å². The van der Waals surface area contributed by atoms with Crippen molar-refractivity contribution in [3.63, 3.8) is 0 Å². The standard InChI is InChI=1S/C17H27NO2/c1-13(2)18-9-15-8-17(20-10-15)12-19-11-16-7-5-4-6-14(16)3/h4-5,8,10,13-14,16,18H,6-7,9,11-12H2,1-3H3. The zero-order valence-corrected chi connectivity index (χ0v) is 12.9. The first-order valence-corrected chi connectivity index (χ1v) is 7.67. The maximum Gasteiger partial charge on any atom is 0.129 e. The summed E-state index contributed by atoms with van der Waals surface area (Å²) >= 11 is 0. The van der Waals surface area contributed by atoms with Crippen molar-refractivity contribution >= 4 is 0 Å². The molecule has 1 aliphatic rings. The molecule has 0 aliphatic heterocycles. The van der Waals surface area contributed by atoms with E-state index in [1.165, 1.54) is 12.0 Å². The molecule has 2 atom stereocenters. The summed E-state index contributed by atoms with van der Waals surface area (Å²) < 4.78 is 11.4. The summed E-state index contributed by atoms with van der Waals surface area (Å²) in [6.45, 7) is 8.85. The number of rotatable bonds is 7. The average Bonchev–Trinajstić information content (AvgIpc) is 2.87. The van der Waals surface area contributed by atoms with Gasteiger partial charge in [0.25, 0.3) is 0 Å². The maximum atomic E-state index is 5.82. The highest BCUT2D eigenvalue weighted by Crippen LogP contribution is 2.25. The molecule has 1 heterocycles. The lowest BCUT2D eigenvalue weighted by Gasteiger charge is -2.24. The van der Waals surface area contributed by atoms with Gasteiger partial charge >= 0.3 is 0 Å². The molecule has 2 unspecified atom stereocenters. The minimum atomic E-state index is 0.491. The fourth-order valence-electron chi connectivity index (χ4n) is 2.47. The number of hydrogen-bond donors (Lipinski definition) is 1. The minimum Gasteiger partial charge on any atom is -0.467 e. The van der Waals surface area contributed by atoms with Gasteiger partial charge in [0.05, 0.1) is 12.9 Å². The van der Waals surface area contributed by atoms with Crippen molar-refractivity contribution in [2.24, 2.45) is 11.8 Å². The quantitative estimate of drug-likeness (QED) is 0.768. The molecule has 0 aromatic carbocycles. The molecule has 20 heavy (non-hydrogen) atoms. The van der Waals surface area contributed by atoms with Crippen molar-refractivity contribution in [3.05, 3.63) is 35.8 Å². The molecule has 0 amide bonds. The molecule has 3 heteroatoms. The van der Waals surface area contributed by atoms with Crippen LogP contribution in [0.3, 0.4) is 0 Å². The summed E-state index contributed by atoms with van der Waals surface area (Å²) in [7, 11) is 0. The Morgan fingerprint density at radius 1 is 1.35 bits per heavy atom. The Bertz CT molecular complexity index is 422. The van der Waals surface area contributed by atoms with Gasteiger partial charge in [0, 0.05) is 18.2 Å². The van der Waals surface area contributed by atoms with Crippen molar-refractivity contribution in [1.29, 1.82) is 0 Å². The van der Waals surface area contributed by atoms with Gasteiger partial charge in [0.2, 0.25) is 0 Å². The Balaban J connectivity index is 1.70. The van der Waals surface area contributed by atoms with E-state index < -0.39 is 0 Å². The van der Waals surface area contributed by atoms with Crippen LogP contribution in [0.15, 0.2) is 28.9 Å². The van der Waals surface area contributed by atoms with Crippen LogP contribution in [-0.2, 0) is 17.9 Å². The maximum absolute atomic E-state index is 5.82. The van der Waals surface area contributed by atoms with Crippen molar-refractivity contribution in [1.82, 2.24) is 5.32 Å². The third-order valence-electron chi connectivity index (χ3n) is 3.92. The zero-order valence-electron chi connectivity index (χ0n) is 12.9. The van der Waals surface area contributed by atoms with E-state index in [4.69, 9.17) is 9.15 Å². The van der Waals surface area contributed by atoms with Gasteiger partial charge < -0.3 is 14.5 Å². The van der Waals surface area contributed by atoms with E-state index in [1.807, 2.05) is 6.26 Å². The fraction of sp³-hybridized carbons (Fsp3) is 0.647. The molecule has 1 aromatic rings. The summed E-state index contributed by atoms with van der Waals surface area (Å²) in [5.74, 6) is 2.30. The van der Waals surface area contributed by atoms with E-state index in [-0.39, 0.29) is 0 Å². The fourth-order valence-corrected chi connectivity index (χ4v) is 2.47. The van der Waals surface area contributed by atoms with Crippen LogP contribution in [0, 0.1) is 11.8 Å². The van der Waals surface area contributed by atoms with Gasteiger partial charge in [-0.25, -0.2) is 0 Å². The van der Waals surface area contributed by atoms with Crippen LogP contribution < -0.4 is 5.32 Å². The lowest BCUT2D eigenvalue weighted by Crippen LogP contribution is -2.21. The second-order valence-electron chi connectivity index (χ2n) is 6.15. The third-order valence-corrected chi connectivity index (χ3v) is 3.92. The van der Waals surface area contributed by atoms with Gasteiger partial charge in [-0.05, 0) is 30.7 Å². The molecule has 0 fully saturated rings. The van der Waals surface area contributed by atoms with Crippen molar-refractivity contribution in [2.45, 2.75) is 52.8 Å². The van der Waals surface area contributed by atoms with E-state index in [2.05, 4.69) is 44.3 Å². The third kappa shape index (κ3) is 4.80. The van der Waals surface area contributed by atoms with Crippen LogP contribution in [0.25, 0.3) is 0 Å². The van der Waals surface area contributed by atoms with Crippen molar-refractivity contribution < 1.29 is 9.15 Å². The molecule has 112 valence electrons. The highest BCUT2D eigenvalue weighted by Gasteiger charge is 2.18. The van der Waals surface area contributed by atoms with Gasteiger partial charge in [0.1, 0.15) is 12.4 Å². The lowest BCUT2D eigenvalue weighted by atomic mass is 9.85. The number of furan rings is 1. The number of ether oxygens (including phenoxy) is 1. The van der Waals surface area contributed by atoms with Crippen LogP contribution in [-0.4, -0.2) is 12.6 Å². The van der Waals surface area contributed by atoms with E-state index in [9.17, 15) is 0 Å². The molecule has 2 rings (SSSR count). The Kier molecular flexibility index (Phi) is 5.86. The molecule has 1 aliphatic carbocycles. The first kappa shape index (κ1) is 15.3. The first-order chi connectivity index (χ1) is 9.65. The Morgan fingerprint density at radius 2 is 2.15 bits per heavy atom. The van der Waals surface area contributed by atoms with E-state index in [0.717, 1.165) is 31.3 Å². The SMILES string of the molecule is CC(C)NCc1coc(COCC2CC=CCC2C)c1. The summed E-state index contributed by atoms with van der Waals surface area (Å²) in [4.78, 5) is 0. The molecule has 0 radical (unpaired) electrons. The smallest absolute Gasteiger partial charge is 0.129 e. The number of allylic oxidation sites excluding steroid dienone is 2. The van der Waals surface area contributed by atoms with Gasteiger partial charge in [-0.1, -0.05) is 32.9 Å². The molecule has 1 aromatic heterocycles. The predicted octanol–water partition coefficient (Wildman–Crippen LogP) is 3.90. The van der Waals surface area contributed by atoms with Gasteiger partial charge in [0.15, 0.2) is 0 Å².